The second kappa shape index (κ2) is 6.42. The Bertz CT molecular complexity index is 572. The molecule has 1 unspecified atom stereocenters. The van der Waals surface area contributed by atoms with Gasteiger partial charge in [-0.25, -0.2) is 4.79 Å². The number of benzene rings is 1. The molecule has 1 aromatic heterocycles. The van der Waals surface area contributed by atoms with Crippen LogP contribution in [-0.2, 0) is 11.2 Å². The number of H-pyrrole nitrogens is 1. The number of ether oxygens (including phenoxy) is 1. The lowest BCUT2D eigenvalue weighted by molar-refractivity contribution is 0.0520. The minimum Gasteiger partial charge on any atom is -0.461 e. The second-order valence-corrected chi connectivity index (χ2v) is 5.07. The van der Waals surface area contributed by atoms with Crippen molar-refractivity contribution in [3.05, 3.63) is 58.9 Å². The number of hydrogen-bond acceptors (Lipinski definition) is 2. The Morgan fingerprint density at radius 2 is 2.00 bits per heavy atom. The molecule has 2 rings (SSSR count). The minimum absolute atomic E-state index is 0.283. The summed E-state index contributed by atoms with van der Waals surface area (Å²) in [5.41, 5.74) is 4.06. The van der Waals surface area contributed by atoms with E-state index in [1.54, 1.807) is 0 Å². The van der Waals surface area contributed by atoms with Gasteiger partial charge in [0.2, 0.25) is 0 Å². The summed E-state index contributed by atoms with van der Waals surface area (Å²) in [6.07, 6.45) is 0.908. The third-order valence-electron chi connectivity index (χ3n) is 3.51. The Morgan fingerprint density at radius 3 is 2.65 bits per heavy atom. The van der Waals surface area contributed by atoms with Gasteiger partial charge in [0, 0.05) is 5.69 Å². The molecule has 0 amide bonds. The van der Waals surface area contributed by atoms with Crippen molar-refractivity contribution in [3.63, 3.8) is 0 Å². The molecule has 2 aromatic rings. The molecule has 1 atom stereocenters. The Balaban J connectivity index is 2.12. The van der Waals surface area contributed by atoms with Gasteiger partial charge in [-0.2, -0.15) is 0 Å². The Labute approximate surface area is 120 Å². The van der Waals surface area contributed by atoms with Crippen molar-refractivity contribution in [2.75, 3.05) is 6.61 Å². The van der Waals surface area contributed by atoms with Crippen LogP contribution in [0.2, 0.25) is 0 Å². The van der Waals surface area contributed by atoms with Crippen molar-refractivity contribution in [3.8, 4) is 0 Å². The third kappa shape index (κ3) is 3.29. The van der Waals surface area contributed by atoms with E-state index in [1.807, 2.05) is 26.0 Å². The monoisotopic (exact) mass is 271 g/mol. The fourth-order valence-electron chi connectivity index (χ4n) is 2.36. The molecule has 0 spiro atoms. The lowest BCUT2D eigenvalue weighted by Gasteiger charge is -2.11. The van der Waals surface area contributed by atoms with Crippen LogP contribution in [0.5, 0.6) is 0 Å². The van der Waals surface area contributed by atoms with E-state index in [1.165, 1.54) is 11.1 Å². The molecule has 0 saturated carbocycles. The van der Waals surface area contributed by atoms with Gasteiger partial charge in [-0.1, -0.05) is 37.3 Å². The maximum atomic E-state index is 11.7. The summed E-state index contributed by atoms with van der Waals surface area (Å²) >= 11 is 0. The predicted octanol–water partition coefficient (Wildman–Crippen LogP) is 3.85. The van der Waals surface area contributed by atoms with Gasteiger partial charge in [-0.05, 0) is 43.4 Å². The number of aryl methyl sites for hydroxylation is 1. The highest BCUT2D eigenvalue weighted by Gasteiger charge is 2.15. The lowest BCUT2D eigenvalue weighted by Crippen LogP contribution is -2.04. The van der Waals surface area contributed by atoms with E-state index < -0.39 is 0 Å². The predicted molar refractivity (Wildman–Crippen MR) is 80.0 cm³/mol. The smallest absolute Gasteiger partial charge is 0.354 e. The van der Waals surface area contributed by atoms with Crippen molar-refractivity contribution in [2.45, 2.75) is 33.1 Å². The largest absolute Gasteiger partial charge is 0.461 e. The lowest BCUT2D eigenvalue weighted by atomic mass is 9.94. The second-order valence-electron chi connectivity index (χ2n) is 5.07. The summed E-state index contributed by atoms with van der Waals surface area (Å²) in [5, 5.41) is 0. The highest BCUT2D eigenvalue weighted by Crippen LogP contribution is 2.22. The molecule has 1 heterocycles. The van der Waals surface area contributed by atoms with Crippen molar-refractivity contribution in [2.24, 2.45) is 0 Å². The van der Waals surface area contributed by atoms with E-state index in [2.05, 4.69) is 36.2 Å². The minimum atomic E-state index is -0.283. The van der Waals surface area contributed by atoms with Gasteiger partial charge in [0.15, 0.2) is 0 Å². The topological polar surface area (TPSA) is 42.1 Å². The van der Waals surface area contributed by atoms with Crippen LogP contribution in [0.15, 0.2) is 36.4 Å². The molecular formula is C17H21NO2. The normalized spacial score (nSPS) is 12.2. The van der Waals surface area contributed by atoms with Gasteiger partial charge in [0.25, 0.3) is 0 Å². The zero-order valence-electron chi connectivity index (χ0n) is 12.3. The average molecular weight is 271 g/mol. The molecule has 3 heteroatoms. The summed E-state index contributed by atoms with van der Waals surface area (Å²) in [6.45, 7) is 6.40. The summed E-state index contributed by atoms with van der Waals surface area (Å²) in [6, 6.07) is 12.3. The fourth-order valence-corrected chi connectivity index (χ4v) is 2.36. The summed E-state index contributed by atoms with van der Waals surface area (Å²) in [4.78, 5) is 14.8. The maximum absolute atomic E-state index is 11.7. The van der Waals surface area contributed by atoms with E-state index in [9.17, 15) is 4.79 Å². The number of aromatic amines is 1. The number of esters is 1. The molecule has 1 aromatic carbocycles. The van der Waals surface area contributed by atoms with Crippen LogP contribution in [0.4, 0.5) is 0 Å². The molecule has 1 N–H and O–H groups in total. The number of carbonyl (C=O) groups excluding carboxylic acids is 1. The summed E-state index contributed by atoms with van der Waals surface area (Å²) in [5.74, 6) is 0.134. The van der Waals surface area contributed by atoms with E-state index in [0.717, 1.165) is 12.1 Å². The Hall–Kier alpha value is -2.03. The molecule has 20 heavy (non-hydrogen) atoms. The summed E-state index contributed by atoms with van der Waals surface area (Å²) < 4.78 is 5.02. The standard InChI is InChI=1S/C17H21NO2/c1-4-20-17(19)16-11-15(13(3)18-16)10-12(2)14-8-6-5-7-9-14/h5-9,11-12,18H,4,10H2,1-3H3. The van der Waals surface area contributed by atoms with Crippen LogP contribution >= 0.6 is 0 Å². The van der Waals surface area contributed by atoms with Crippen LogP contribution in [0.1, 0.15) is 47.1 Å². The summed E-state index contributed by atoms with van der Waals surface area (Å²) in [7, 11) is 0. The van der Waals surface area contributed by atoms with Crippen LogP contribution < -0.4 is 0 Å². The zero-order valence-corrected chi connectivity index (χ0v) is 12.3. The highest BCUT2D eigenvalue weighted by molar-refractivity contribution is 5.87. The van der Waals surface area contributed by atoms with Crippen LogP contribution in [0, 0.1) is 6.92 Å². The van der Waals surface area contributed by atoms with E-state index in [-0.39, 0.29) is 5.97 Å². The number of nitrogens with one attached hydrogen (secondary N) is 1. The fraction of sp³-hybridized carbons (Fsp3) is 0.353. The van der Waals surface area contributed by atoms with Gasteiger partial charge >= 0.3 is 5.97 Å². The molecule has 0 aliphatic rings. The quantitative estimate of drug-likeness (QED) is 0.839. The van der Waals surface area contributed by atoms with Crippen LogP contribution in [0.25, 0.3) is 0 Å². The highest BCUT2D eigenvalue weighted by atomic mass is 16.5. The molecular weight excluding hydrogens is 250 g/mol. The molecule has 0 radical (unpaired) electrons. The van der Waals surface area contributed by atoms with E-state index in [0.29, 0.717) is 18.2 Å². The first-order valence-electron chi connectivity index (χ1n) is 7.02. The van der Waals surface area contributed by atoms with Gasteiger partial charge in [-0.3, -0.25) is 0 Å². The third-order valence-corrected chi connectivity index (χ3v) is 3.51. The first-order valence-corrected chi connectivity index (χ1v) is 7.02. The number of aromatic nitrogens is 1. The van der Waals surface area contributed by atoms with Gasteiger partial charge in [0.05, 0.1) is 6.61 Å². The van der Waals surface area contributed by atoms with E-state index >= 15 is 0 Å². The first kappa shape index (κ1) is 14.4. The van der Waals surface area contributed by atoms with E-state index in [4.69, 9.17) is 4.74 Å². The maximum Gasteiger partial charge on any atom is 0.354 e. The number of carbonyl (C=O) groups is 1. The molecule has 0 fully saturated rings. The van der Waals surface area contributed by atoms with Crippen molar-refractivity contribution in [1.29, 1.82) is 0 Å². The average Bonchev–Trinajstić information content (AvgIpc) is 2.81. The Kier molecular flexibility index (Phi) is 4.61. The van der Waals surface area contributed by atoms with Crippen LogP contribution in [0.3, 0.4) is 0 Å². The first-order chi connectivity index (χ1) is 9.61. The van der Waals surface area contributed by atoms with Gasteiger partial charge < -0.3 is 9.72 Å². The molecule has 0 bridgehead atoms. The zero-order chi connectivity index (χ0) is 14.5. The molecule has 3 nitrogen and oxygen atoms in total. The van der Waals surface area contributed by atoms with Gasteiger partial charge in [0.1, 0.15) is 5.69 Å². The molecule has 0 aliphatic carbocycles. The molecule has 0 saturated heterocycles. The number of hydrogen-bond donors (Lipinski definition) is 1. The Morgan fingerprint density at radius 1 is 1.30 bits per heavy atom. The SMILES string of the molecule is CCOC(=O)c1cc(CC(C)c2ccccc2)c(C)[nH]1. The van der Waals surface area contributed by atoms with Crippen molar-refractivity contribution >= 4 is 5.97 Å². The van der Waals surface area contributed by atoms with Crippen molar-refractivity contribution in [1.82, 2.24) is 4.98 Å². The van der Waals surface area contributed by atoms with Gasteiger partial charge in [-0.15, -0.1) is 0 Å². The van der Waals surface area contributed by atoms with Crippen molar-refractivity contribution < 1.29 is 9.53 Å². The molecule has 106 valence electrons. The van der Waals surface area contributed by atoms with Crippen LogP contribution in [-0.4, -0.2) is 17.6 Å². The molecule has 0 aliphatic heterocycles. The number of rotatable bonds is 5.